The van der Waals surface area contributed by atoms with Gasteiger partial charge in [-0.25, -0.2) is 0 Å². The second-order valence-corrected chi connectivity index (χ2v) is 3.60. The average molecular weight is 209 g/mol. The van der Waals surface area contributed by atoms with Gasteiger partial charge in [-0.2, -0.15) is 25.3 Å². The molecule has 0 rings (SSSR count). The number of hydrogen-bond acceptors (Lipinski definition) is 4. The molecule has 3 N–H and O–H groups in total. The van der Waals surface area contributed by atoms with Crippen molar-refractivity contribution in [2.45, 2.75) is 23.3 Å². The summed E-state index contributed by atoms with van der Waals surface area (Å²) >= 11 is 7.65. The Bertz CT molecular complexity index is 166. The summed E-state index contributed by atoms with van der Waals surface area (Å²) in [4.78, 5) is 20.7. The fraction of sp³-hybridized carbons (Fsp3) is 0.667. The number of amides is 1. The largest absolute Gasteiger partial charge is 0.480 e. The molecule has 0 fully saturated rings. The summed E-state index contributed by atoms with van der Waals surface area (Å²) in [5.41, 5.74) is 4.91. The van der Waals surface area contributed by atoms with E-state index in [-0.39, 0.29) is 6.42 Å². The van der Waals surface area contributed by atoms with E-state index in [0.717, 1.165) is 0 Å². The van der Waals surface area contributed by atoms with Gasteiger partial charge in [-0.05, 0) is 12.8 Å². The summed E-state index contributed by atoms with van der Waals surface area (Å²) in [6.45, 7) is 0. The molecule has 0 saturated carbocycles. The third kappa shape index (κ3) is 4.50. The average Bonchev–Trinajstić information content (AvgIpc) is 1.98. The molecule has 0 aromatic carbocycles. The van der Waals surface area contributed by atoms with Crippen LogP contribution in [0.15, 0.2) is 0 Å². The van der Waals surface area contributed by atoms with Crippen LogP contribution in [0.1, 0.15) is 12.8 Å². The Morgan fingerprint density at radius 2 is 1.67 bits per heavy atom. The van der Waals surface area contributed by atoms with E-state index in [1.807, 2.05) is 0 Å². The van der Waals surface area contributed by atoms with Gasteiger partial charge in [0.2, 0.25) is 5.91 Å². The first-order chi connectivity index (χ1) is 5.45. The third-order valence-corrected chi connectivity index (χ3v) is 2.32. The number of aliphatic carboxylic acids is 1. The van der Waals surface area contributed by atoms with Crippen molar-refractivity contribution in [3.8, 4) is 0 Å². The van der Waals surface area contributed by atoms with Gasteiger partial charge in [0.25, 0.3) is 0 Å². The zero-order valence-electron chi connectivity index (χ0n) is 6.30. The standard InChI is InChI=1S/C6H11NO3S2/c7-5(8)3(11)1-2-4(12)6(9)10/h3-4,11-12H,1-2H2,(H2,7,8)(H,9,10). The highest BCUT2D eigenvalue weighted by Crippen LogP contribution is 2.10. The summed E-state index contributed by atoms with van der Waals surface area (Å²) in [5, 5.41) is 7.08. The quantitative estimate of drug-likeness (QED) is 0.479. The van der Waals surface area contributed by atoms with Gasteiger partial charge in [0.05, 0.1) is 10.5 Å². The Balaban J connectivity index is 3.68. The molecule has 0 aliphatic heterocycles. The molecular weight excluding hydrogens is 198 g/mol. The molecule has 2 unspecified atom stereocenters. The Hall–Kier alpha value is -0.360. The highest BCUT2D eigenvalue weighted by atomic mass is 32.1. The molecule has 1 amide bonds. The van der Waals surface area contributed by atoms with E-state index in [4.69, 9.17) is 10.8 Å². The molecule has 0 bridgehead atoms. The second-order valence-electron chi connectivity index (χ2n) is 2.35. The normalized spacial score (nSPS) is 15.2. The summed E-state index contributed by atoms with van der Waals surface area (Å²) in [6.07, 6.45) is 0.620. The van der Waals surface area contributed by atoms with Gasteiger partial charge in [0.1, 0.15) is 0 Å². The van der Waals surface area contributed by atoms with Gasteiger partial charge in [0.15, 0.2) is 0 Å². The van der Waals surface area contributed by atoms with Crippen LogP contribution in [0.2, 0.25) is 0 Å². The fourth-order valence-electron chi connectivity index (χ4n) is 0.581. The van der Waals surface area contributed by atoms with Gasteiger partial charge in [-0.3, -0.25) is 9.59 Å². The molecule has 0 aromatic heterocycles. The van der Waals surface area contributed by atoms with E-state index in [9.17, 15) is 9.59 Å². The minimum absolute atomic E-state index is 0.287. The van der Waals surface area contributed by atoms with Gasteiger partial charge in [-0.1, -0.05) is 0 Å². The first kappa shape index (κ1) is 11.6. The number of carbonyl (C=O) groups excluding carboxylic acids is 1. The third-order valence-electron chi connectivity index (χ3n) is 1.33. The van der Waals surface area contributed by atoms with Gasteiger partial charge < -0.3 is 10.8 Å². The number of carboxylic acids is 1. The van der Waals surface area contributed by atoms with Crippen LogP contribution in [0.4, 0.5) is 0 Å². The second kappa shape index (κ2) is 5.31. The maximum Gasteiger partial charge on any atom is 0.316 e. The van der Waals surface area contributed by atoms with Crippen LogP contribution in [0.25, 0.3) is 0 Å². The lowest BCUT2D eigenvalue weighted by molar-refractivity contribution is -0.136. The van der Waals surface area contributed by atoms with Crippen LogP contribution in [-0.4, -0.2) is 27.5 Å². The lowest BCUT2D eigenvalue weighted by atomic mass is 10.2. The van der Waals surface area contributed by atoms with Crippen molar-refractivity contribution >= 4 is 37.1 Å². The van der Waals surface area contributed by atoms with E-state index in [1.165, 1.54) is 0 Å². The van der Waals surface area contributed by atoms with Crippen molar-refractivity contribution in [2.75, 3.05) is 0 Å². The topological polar surface area (TPSA) is 80.4 Å². The molecule has 0 aliphatic carbocycles. The number of carboxylic acid groups (broad SMARTS) is 1. The summed E-state index contributed by atoms with van der Waals surface area (Å²) in [5.74, 6) is -1.53. The summed E-state index contributed by atoms with van der Waals surface area (Å²) in [6, 6.07) is 0. The maximum absolute atomic E-state index is 10.5. The van der Waals surface area contributed by atoms with Crippen LogP contribution in [0.5, 0.6) is 0 Å². The predicted octanol–water partition coefficient (Wildman–Crippen LogP) is -0.0667. The van der Waals surface area contributed by atoms with Gasteiger partial charge in [0, 0.05) is 0 Å². The highest BCUT2D eigenvalue weighted by Gasteiger charge is 2.16. The SMILES string of the molecule is NC(=O)C(S)CCC(S)C(=O)O. The van der Waals surface area contributed by atoms with Crippen LogP contribution < -0.4 is 5.73 Å². The molecule has 70 valence electrons. The lowest BCUT2D eigenvalue weighted by Gasteiger charge is -2.07. The molecule has 0 heterocycles. The zero-order chi connectivity index (χ0) is 9.72. The van der Waals surface area contributed by atoms with Crippen molar-refractivity contribution in [1.29, 1.82) is 0 Å². The van der Waals surface area contributed by atoms with Crippen LogP contribution in [0.3, 0.4) is 0 Å². The molecule has 0 spiro atoms. The Morgan fingerprint density at radius 1 is 1.25 bits per heavy atom. The van der Waals surface area contributed by atoms with E-state index < -0.39 is 22.4 Å². The number of thiol groups is 2. The Labute approximate surface area is 81.3 Å². The smallest absolute Gasteiger partial charge is 0.316 e. The number of primary amides is 1. The number of hydrogen-bond donors (Lipinski definition) is 4. The van der Waals surface area contributed by atoms with E-state index in [0.29, 0.717) is 6.42 Å². The summed E-state index contributed by atoms with van der Waals surface area (Å²) < 4.78 is 0. The highest BCUT2D eigenvalue weighted by molar-refractivity contribution is 7.82. The van der Waals surface area contributed by atoms with E-state index >= 15 is 0 Å². The van der Waals surface area contributed by atoms with Crippen molar-refractivity contribution in [3.05, 3.63) is 0 Å². The molecular formula is C6H11NO3S2. The molecule has 0 saturated heterocycles. The maximum atomic E-state index is 10.5. The van der Waals surface area contributed by atoms with Crippen molar-refractivity contribution in [1.82, 2.24) is 0 Å². The van der Waals surface area contributed by atoms with Crippen LogP contribution in [0, 0.1) is 0 Å². The molecule has 12 heavy (non-hydrogen) atoms. The molecule has 0 aromatic rings. The number of nitrogens with two attached hydrogens (primary N) is 1. The number of carbonyl (C=O) groups is 2. The minimum Gasteiger partial charge on any atom is -0.480 e. The first-order valence-corrected chi connectivity index (χ1v) is 4.36. The van der Waals surface area contributed by atoms with E-state index in [2.05, 4.69) is 25.3 Å². The molecule has 6 heteroatoms. The predicted molar refractivity (Wildman–Crippen MR) is 51.6 cm³/mol. The minimum atomic E-state index is -0.997. The number of rotatable bonds is 5. The van der Waals surface area contributed by atoms with Gasteiger partial charge in [-0.15, -0.1) is 0 Å². The van der Waals surface area contributed by atoms with Gasteiger partial charge >= 0.3 is 5.97 Å². The van der Waals surface area contributed by atoms with Crippen molar-refractivity contribution in [3.63, 3.8) is 0 Å². The Morgan fingerprint density at radius 3 is 2.00 bits per heavy atom. The lowest BCUT2D eigenvalue weighted by Crippen LogP contribution is -2.25. The van der Waals surface area contributed by atoms with E-state index in [1.54, 1.807) is 0 Å². The molecule has 0 aliphatic rings. The van der Waals surface area contributed by atoms with Crippen LogP contribution in [-0.2, 0) is 9.59 Å². The zero-order valence-corrected chi connectivity index (χ0v) is 8.09. The fourth-order valence-corrected chi connectivity index (χ4v) is 0.880. The Kier molecular flexibility index (Phi) is 5.16. The van der Waals surface area contributed by atoms with Crippen molar-refractivity contribution < 1.29 is 14.7 Å². The van der Waals surface area contributed by atoms with Crippen LogP contribution >= 0.6 is 25.3 Å². The van der Waals surface area contributed by atoms with Crippen molar-refractivity contribution in [2.24, 2.45) is 5.73 Å². The monoisotopic (exact) mass is 209 g/mol. The molecule has 4 nitrogen and oxygen atoms in total. The molecule has 0 radical (unpaired) electrons. The first-order valence-electron chi connectivity index (χ1n) is 3.33. The molecule has 2 atom stereocenters. The summed E-state index contributed by atoms with van der Waals surface area (Å²) in [7, 11) is 0.